The molecule has 10 nitrogen and oxygen atoms in total. The molecule has 289 valence electrons. The maximum Gasteiger partial charge on any atom is 0.166 e. The molecular weight excluding hydrogens is 1400 g/mol. The Morgan fingerprint density at radius 1 is 0.519 bits per heavy atom. The van der Waals surface area contributed by atoms with Crippen molar-refractivity contribution in [2.75, 3.05) is 0 Å². The second kappa shape index (κ2) is 21.2. The minimum Gasteiger partial charge on any atom is -0.647 e. The van der Waals surface area contributed by atoms with E-state index in [1.165, 1.54) is 6.42 Å². The van der Waals surface area contributed by atoms with E-state index >= 15 is 0 Å². The van der Waals surface area contributed by atoms with Crippen LogP contribution in [0.2, 0.25) is 0 Å². The van der Waals surface area contributed by atoms with Crippen LogP contribution >= 0.6 is 0 Å². The van der Waals surface area contributed by atoms with Gasteiger partial charge < -0.3 is 45.7 Å². The molecule has 3 spiro atoms. The summed E-state index contributed by atoms with van der Waals surface area (Å²) in [5.41, 5.74) is -0.933. The number of hydrogen-bond donors (Lipinski definition) is 3. The molecule has 3 saturated carbocycles. The summed E-state index contributed by atoms with van der Waals surface area (Å²) in [6.07, 6.45) is -0.692. The third kappa shape index (κ3) is 10.1. The number of Topliss-reactive ketones (excluding diaryl/α,β-unsaturated/α-hetero) is 1. The summed E-state index contributed by atoms with van der Waals surface area (Å²) in [5.74, 6) is 1.48. The molecule has 14 atom stereocenters. The number of ketones is 1. The fourth-order valence-electron chi connectivity index (χ4n) is 9.76. The van der Waals surface area contributed by atoms with Crippen LogP contribution in [0.4, 0.5) is 0 Å². The predicted octanol–water partition coefficient (Wildman–Crippen LogP) is 5.30. The van der Waals surface area contributed by atoms with E-state index in [2.05, 4.69) is 85.2 Å². The average molecular weight is 1460 g/mol. The fraction of sp³-hybridized carbons (Fsp3) is 0.889. The van der Waals surface area contributed by atoms with Crippen molar-refractivity contribution in [2.45, 2.75) is 144 Å². The van der Waals surface area contributed by atoms with Gasteiger partial charge in [0.05, 0.1) is 23.8 Å². The van der Waals surface area contributed by atoms with E-state index in [-0.39, 0.29) is 226 Å². The summed E-state index contributed by atoms with van der Waals surface area (Å²) in [6.45, 7) is 25.9. The molecule has 6 aliphatic rings. The number of β-lactam (4-membered cyclic amide) rings is 3. The Hall–Kier alpha value is 3.34. The van der Waals surface area contributed by atoms with Crippen molar-refractivity contribution >= 4 is 23.5 Å². The van der Waals surface area contributed by atoms with Crippen LogP contribution in [-0.4, -0.2) is 73.8 Å². The van der Waals surface area contributed by atoms with Crippen molar-refractivity contribution in [1.82, 2.24) is 0 Å². The molecule has 52 heavy (non-hydrogen) atoms. The topological polar surface area (TPSA) is 171 Å². The Morgan fingerprint density at radius 3 is 1.25 bits per heavy atom. The summed E-state index contributed by atoms with van der Waals surface area (Å²) >= 11 is 0. The summed E-state index contributed by atoms with van der Waals surface area (Å²) in [7, 11) is 0. The third-order valence-corrected chi connectivity index (χ3v) is 14.7. The SMILES string of the molecule is C[C@@H]1C(=O)[C@H](O)[C@H](O)C2(CC(=O)[N-]2)[C@@H]1C.C[C@@H]1CC(C)(C)[C@@H](C)[C@@H](C)C12CC(=O)[N-]2.C[C@@H]1[C@H](C)C(C)(C)[C@@H](C)[C@@H](O)C12CC(=O)[N-]2.[W].[W].[W].[Y].[Y].[Y]. The van der Waals surface area contributed by atoms with Crippen LogP contribution in [0.5, 0.6) is 0 Å². The summed E-state index contributed by atoms with van der Waals surface area (Å²) in [4.78, 5) is 44.8. The van der Waals surface area contributed by atoms with Gasteiger partial charge >= 0.3 is 0 Å². The van der Waals surface area contributed by atoms with Gasteiger partial charge in [0.15, 0.2) is 5.78 Å². The van der Waals surface area contributed by atoms with Gasteiger partial charge in [-0.25, -0.2) is 0 Å². The minimum atomic E-state index is -1.41. The van der Waals surface area contributed by atoms with Crippen LogP contribution in [0.15, 0.2) is 0 Å². The monoisotopic (exact) mass is 1460 g/mol. The number of carbonyl (C=O) groups is 4. The van der Waals surface area contributed by atoms with Crippen LogP contribution in [0.1, 0.15) is 109 Å². The average Bonchev–Trinajstić information content (AvgIpc) is 2.93. The van der Waals surface area contributed by atoms with Crippen molar-refractivity contribution in [3.63, 3.8) is 0 Å². The molecule has 3 N–H and O–H groups in total. The number of rotatable bonds is 0. The van der Waals surface area contributed by atoms with E-state index in [0.29, 0.717) is 41.9 Å². The predicted molar refractivity (Wildman–Crippen MR) is 176 cm³/mol. The van der Waals surface area contributed by atoms with Gasteiger partial charge in [0.25, 0.3) is 0 Å². The first-order valence-electron chi connectivity index (χ1n) is 17.3. The summed E-state index contributed by atoms with van der Waals surface area (Å²) in [5, 5.41) is 42.1. The smallest absolute Gasteiger partial charge is 0.166 e. The maximum absolute atomic E-state index is 11.5. The molecule has 3 heterocycles. The van der Waals surface area contributed by atoms with E-state index in [1.807, 2.05) is 0 Å². The van der Waals surface area contributed by atoms with E-state index in [0.717, 1.165) is 0 Å². The van der Waals surface area contributed by atoms with E-state index < -0.39 is 29.4 Å². The van der Waals surface area contributed by atoms with Crippen LogP contribution < -0.4 is 0 Å². The number of nitrogens with zero attached hydrogens (tertiary/aromatic N) is 3. The largest absolute Gasteiger partial charge is 0.647 e. The molecule has 3 unspecified atom stereocenters. The number of carbonyl (C=O) groups excluding carboxylic acids is 4. The zero-order chi connectivity index (χ0) is 35.1. The molecule has 6 rings (SSSR count). The van der Waals surface area contributed by atoms with Gasteiger partial charge in [-0.2, -0.15) is 0 Å². The maximum atomic E-state index is 11.5. The zero-order valence-electron chi connectivity index (χ0n) is 33.0. The molecule has 0 aromatic rings. The second-order valence-corrected chi connectivity index (χ2v) is 17.2. The summed E-state index contributed by atoms with van der Waals surface area (Å²) in [6, 6.07) is 0. The zero-order valence-corrected chi connectivity index (χ0v) is 50.3. The summed E-state index contributed by atoms with van der Waals surface area (Å²) < 4.78 is 0. The van der Waals surface area contributed by atoms with Crippen molar-refractivity contribution in [3.8, 4) is 0 Å². The number of amides is 3. The minimum absolute atomic E-state index is 0. The Balaban J connectivity index is -0.000000655. The molecular formula is C36H58N3O7W3Y3-3. The van der Waals surface area contributed by atoms with Gasteiger partial charge in [-0.1, -0.05) is 112 Å². The third-order valence-electron chi connectivity index (χ3n) is 14.7. The molecule has 3 saturated heterocycles. The number of aliphatic hydroxyl groups excluding tert-OH is 3. The molecule has 16 heteroatoms. The molecule has 0 bridgehead atoms. The molecule has 3 aliphatic carbocycles. The van der Waals surface area contributed by atoms with Gasteiger partial charge in [-0.3, -0.25) is 4.79 Å². The van der Waals surface area contributed by atoms with Crippen molar-refractivity contribution in [1.29, 1.82) is 0 Å². The normalized spacial score (nSPS) is 44.2. The first-order chi connectivity index (χ1) is 20.9. The Labute approximate surface area is 430 Å². The van der Waals surface area contributed by atoms with Crippen molar-refractivity contribution in [3.05, 3.63) is 16.0 Å². The van der Waals surface area contributed by atoms with Gasteiger partial charge in [0.1, 0.15) is 6.10 Å². The van der Waals surface area contributed by atoms with Gasteiger partial charge in [-0.05, 0) is 66.1 Å². The molecule has 0 aromatic heterocycles. The number of hydrogen-bond acceptors (Lipinski definition) is 7. The van der Waals surface area contributed by atoms with Gasteiger partial charge in [-0.15, -0.1) is 0 Å². The van der Waals surface area contributed by atoms with Crippen LogP contribution in [-0.2, 0) is 181 Å². The van der Waals surface area contributed by atoms with Crippen molar-refractivity contribution < 1.29 is 196 Å². The Kier molecular flexibility index (Phi) is 24.3. The molecule has 6 fully saturated rings. The van der Waals surface area contributed by atoms with Crippen LogP contribution in [0.25, 0.3) is 16.0 Å². The van der Waals surface area contributed by atoms with Crippen LogP contribution in [0, 0.1) is 58.2 Å². The molecule has 3 aliphatic heterocycles. The number of aliphatic hydroxyl groups is 3. The van der Waals surface area contributed by atoms with E-state index in [9.17, 15) is 34.5 Å². The quantitative estimate of drug-likeness (QED) is 0.277. The van der Waals surface area contributed by atoms with Gasteiger partial charge in [0, 0.05) is 173 Å². The molecule has 3 radical (unpaired) electrons. The van der Waals surface area contributed by atoms with Crippen molar-refractivity contribution in [2.24, 2.45) is 58.2 Å². The first kappa shape index (κ1) is 59.6. The molecule has 0 aromatic carbocycles. The second-order valence-electron chi connectivity index (χ2n) is 17.2. The van der Waals surface area contributed by atoms with Crippen LogP contribution in [0.3, 0.4) is 0 Å². The fourth-order valence-corrected chi connectivity index (χ4v) is 9.76. The standard InChI is InChI=1S/C13H23NO2.C13H23NO.C10H15NO4.3W.3Y/c1-7-8(2)13(6-10(15)14-13)11(16)9(3)12(7,4)5;1-8-6-12(4,5)9(2)10(3)13(8)7-11(15)14-13;1-4-5(2)10(3-6(12)11-10)9(15)8(14)7(4)13;;;;;;/h7-9,11,16H,6H2,1-5H3,(H,14,15);8-10H,6-7H2,1-5H3,(H,14,15);4-5,8-9,14-15H,3H2,1-2H3,(H,11,12);;;;;;/p-3/t7-,8+,9-,11+,13?;8-,9+,10-,13?;4-,5+,8-,9-,10?;;;;;;/m010....../s1. The Bertz CT molecular complexity index is 1210. The first-order valence-corrected chi connectivity index (χ1v) is 17.3. The van der Waals surface area contributed by atoms with E-state index in [1.54, 1.807) is 13.8 Å². The molecule has 3 amide bonds. The van der Waals surface area contributed by atoms with Gasteiger partial charge in [0.2, 0.25) is 0 Å². The van der Waals surface area contributed by atoms with E-state index in [4.69, 9.17) is 0 Å². The Morgan fingerprint density at radius 2 is 0.865 bits per heavy atom.